The lowest BCUT2D eigenvalue weighted by Crippen LogP contribution is -2.31. The van der Waals surface area contributed by atoms with Crippen molar-refractivity contribution in [2.75, 3.05) is 38.8 Å². The molecule has 0 fully saturated rings. The van der Waals surface area contributed by atoms with Crippen LogP contribution in [0.5, 0.6) is 11.5 Å². The van der Waals surface area contributed by atoms with Gasteiger partial charge in [0.1, 0.15) is 23.9 Å². The number of carbonyl (C=O) groups is 2. The number of anilines is 1. The van der Waals surface area contributed by atoms with Gasteiger partial charge in [0.2, 0.25) is 5.91 Å². The summed E-state index contributed by atoms with van der Waals surface area (Å²) in [5.74, 6) is 2.87. The molecule has 0 atom stereocenters. The lowest BCUT2D eigenvalue weighted by Gasteiger charge is -2.12. The zero-order valence-corrected chi connectivity index (χ0v) is 17.9. The van der Waals surface area contributed by atoms with Gasteiger partial charge in [-0.05, 0) is 31.2 Å². The summed E-state index contributed by atoms with van der Waals surface area (Å²) in [7, 11) is 1.57. The van der Waals surface area contributed by atoms with Gasteiger partial charge in [-0.25, -0.2) is 4.68 Å². The number of amides is 2. The van der Waals surface area contributed by atoms with Gasteiger partial charge in [0.25, 0.3) is 5.91 Å². The molecule has 0 unspecified atom stereocenters. The Bertz CT molecular complexity index is 869. The molecule has 2 N–H and O–H groups in total. The molecule has 30 heavy (non-hydrogen) atoms. The molecule has 2 amide bonds. The second-order valence-electron chi connectivity index (χ2n) is 6.51. The van der Waals surface area contributed by atoms with Gasteiger partial charge in [-0.15, -0.1) is 0 Å². The maximum absolute atomic E-state index is 12.5. The summed E-state index contributed by atoms with van der Waals surface area (Å²) in [6, 6.07) is 7.08. The molecule has 1 aromatic carbocycles. The topological polar surface area (TPSA) is 104 Å². The summed E-state index contributed by atoms with van der Waals surface area (Å²) in [5, 5.41) is 10.1. The van der Waals surface area contributed by atoms with Crippen molar-refractivity contribution in [3.05, 3.63) is 35.5 Å². The molecule has 10 heteroatoms. The summed E-state index contributed by atoms with van der Waals surface area (Å²) in [6.45, 7) is 3.23. The number of methoxy groups -OCH3 is 1. The number of fused-ring (bicyclic) bond motifs is 1. The quantitative estimate of drug-likeness (QED) is 0.520. The summed E-state index contributed by atoms with van der Waals surface area (Å²) in [5.41, 5.74) is 1.85. The first-order valence-corrected chi connectivity index (χ1v) is 10.8. The molecule has 0 saturated carbocycles. The van der Waals surface area contributed by atoms with Crippen LogP contribution in [-0.4, -0.2) is 55.1 Å². The van der Waals surface area contributed by atoms with Gasteiger partial charge in [0.05, 0.1) is 18.9 Å². The van der Waals surface area contributed by atoms with Gasteiger partial charge < -0.3 is 24.8 Å². The fourth-order valence-electron chi connectivity index (χ4n) is 2.92. The Balaban J connectivity index is 1.59. The van der Waals surface area contributed by atoms with Crippen molar-refractivity contribution in [3.8, 4) is 11.5 Å². The number of nitrogens with one attached hydrogen (secondary N) is 2. The van der Waals surface area contributed by atoms with E-state index >= 15 is 0 Å². The molecule has 2 aromatic rings. The van der Waals surface area contributed by atoms with Crippen molar-refractivity contribution >= 4 is 29.4 Å². The Morgan fingerprint density at radius 1 is 1.13 bits per heavy atom. The zero-order valence-electron chi connectivity index (χ0n) is 17.1. The van der Waals surface area contributed by atoms with Crippen molar-refractivity contribution in [1.29, 1.82) is 0 Å². The average Bonchev–Trinajstić information content (AvgIpc) is 3.31. The first kappa shape index (κ1) is 22.0. The van der Waals surface area contributed by atoms with E-state index in [2.05, 4.69) is 15.7 Å². The summed E-state index contributed by atoms with van der Waals surface area (Å²) < 4.78 is 17.4. The Hall–Kier alpha value is -2.72. The Morgan fingerprint density at radius 3 is 2.57 bits per heavy atom. The number of rotatable bonds is 11. The number of aromatic nitrogens is 2. The molecule has 1 aliphatic heterocycles. The molecule has 0 bridgehead atoms. The third-order valence-corrected chi connectivity index (χ3v) is 5.27. The van der Waals surface area contributed by atoms with Crippen LogP contribution in [0.25, 0.3) is 0 Å². The smallest absolute Gasteiger partial charge is 0.263 e. The first-order valence-electron chi connectivity index (χ1n) is 9.68. The molecule has 0 spiro atoms. The van der Waals surface area contributed by atoms with Crippen molar-refractivity contribution in [2.45, 2.75) is 25.0 Å². The fraction of sp³-hybridized carbons (Fsp3) is 0.450. The number of benzene rings is 1. The standard InChI is InChI=1S/C20H26N4O5S/c1-3-28-14-4-6-15(7-5-14)29-11-19(26)22-20-16-12-30-13-17(16)23-24(20)10-18(25)21-8-9-27-2/h4-7H,3,8-13H2,1-2H3,(H,21,25)(H,22,26). The lowest BCUT2D eigenvalue weighted by atomic mass is 10.3. The minimum atomic E-state index is -0.315. The van der Waals surface area contributed by atoms with E-state index in [-0.39, 0.29) is 25.0 Å². The van der Waals surface area contributed by atoms with Crippen LogP contribution in [-0.2, 0) is 32.4 Å². The number of carbonyl (C=O) groups excluding carboxylic acids is 2. The highest BCUT2D eigenvalue weighted by Crippen LogP contribution is 2.34. The summed E-state index contributed by atoms with van der Waals surface area (Å²) >= 11 is 1.72. The number of hydrogen-bond acceptors (Lipinski definition) is 7. The number of thioether (sulfide) groups is 1. The largest absolute Gasteiger partial charge is 0.494 e. The van der Waals surface area contributed by atoms with Crippen molar-refractivity contribution in [3.63, 3.8) is 0 Å². The number of hydrogen-bond donors (Lipinski definition) is 2. The normalized spacial score (nSPS) is 12.3. The highest BCUT2D eigenvalue weighted by atomic mass is 32.2. The van der Waals surface area contributed by atoms with Crippen LogP contribution in [0.4, 0.5) is 5.82 Å². The Kier molecular flexibility index (Phi) is 7.97. The summed E-state index contributed by atoms with van der Waals surface area (Å²) in [6.07, 6.45) is 0. The van der Waals surface area contributed by atoms with E-state index in [0.717, 1.165) is 28.5 Å². The molecule has 1 aliphatic rings. The van der Waals surface area contributed by atoms with E-state index in [1.54, 1.807) is 47.8 Å². The van der Waals surface area contributed by atoms with Gasteiger partial charge in [-0.2, -0.15) is 16.9 Å². The molecule has 9 nitrogen and oxygen atoms in total. The van der Waals surface area contributed by atoms with Crippen LogP contribution in [0.2, 0.25) is 0 Å². The Morgan fingerprint density at radius 2 is 1.87 bits per heavy atom. The van der Waals surface area contributed by atoms with E-state index in [9.17, 15) is 9.59 Å². The van der Waals surface area contributed by atoms with Crippen molar-refractivity contribution in [2.24, 2.45) is 0 Å². The molecule has 0 aliphatic carbocycles. The van der Waals surface area contributed by atoms with Crippen LogP contribution in [0, 0.1) is 0 Å². The molecule has 1 aromatic heterocycles. The zero-order chi connectivity index (χ0) is 21.3. The van der Waals surface area contributed by atoms with Crippen molar-refractivity contribution in [1.82, 2.24) is 15.1 Å². The van der Waals surface area contributed by atoms with Gasteiger partial charge in [0, 0.05) is 30.7 Å². The van der Waals surface area contributed by atoms with Crippen LogP contribution in [0.3, 0.4) is 0 Å². The van der Waals surface area contributed by atoms with Crippen molar-refractivity contribution < 1.29 is 23.8 Å². The lowest BCUT2D eigenvalue weighted by molar-refractivity contribution is -0.122. The second kappa shape index (κ2) is 10.9. The molecule has 3 rings (SSSR count). The minimum Gasteiger partial charge on any atom is -0.494 e. The predicted molar refractivity (Wildman–Crippen MR) is 114 cm³/mol. The van der Waals surface area contributed by atoms with E-state index in [4.69, 9.17) is 14.2 Å². The maximum Gasteiger partial charge on any atom is 0.263 e. The molecule has 162 valence electrons. The molecule has 2 heterocycles. The second-order valence-corrected chi connectivity index (χ2v) is 7.49. The van der Waals surface area contributed by atoms with Crippen LogP contribution in [0.15, 0.2) is 24.3 Å². The van der Waals surface area contributed by atoms with E-state index < -0.39 is 0 Å². The molecule has 0 saturated heterocycles. The fourth-order valence-corrected chi connectivity index (χ4v) is 3.96. The Labute approximate surface area is 179 Å². The van der Waals surface area contributed by atoms with Crippen LogP contribution < -0.4 is 20.1 Å². The minimum absolute atomic E-state index is 0.0245. The van der Waals surface area contributed by atoms with E-state index in [1.807, 2.05) is 6.92 Å². The highest BCUT2D eigenvalue weighted by Gasteiger charge is 2.25. The first-order chi connectivity index (χ1) is 14.6. The van der Waals surface area contributed by atoms with Crippen LogP contribution >= 0.6 is 11.8 Å². The molecular formula is C20H26N4O5S. The van der Waals surface area contributed by atoms with E-state index in [0.29, 0.717) is 31.3 Å². The molecular weight excluding hydrogens is 408 g/mol. The monoisotopic (exact) mass is 434 g/mol. The predicted octanol–water partition coefficient (Wildman–Crippen LogP) is 1.81. The highest BCUT2D eigenvalue weighted by molar-refractivity contribution is 7.98. The van der Waals surface area contributed by atoms with Gasteiger partial charge in [0.15, 0.2) is 6.61 Å². The number of nitrogens with zero attached hydrogens (tertiary/aromatic N) is 2. The van der Waals surface area contributed by atoms with E-state index in [1.165, 1.54) is 0 Å². The van der Waals surface area contributed by atoms with Gasteiger partial charge in [-0.1, -0.05) is 0 Å². The molecule has 0 radical (unpaired) electrons. The maximum atomic E-state index is 12.5. The average molecular weight is 435 g/mol. The SMILES string of the molecule is CCOc1ccc(OCC(=O)Nc2c3c(nn2CC(=O)NCCOC)CSC3)cc1. The van der Waals surface area contributed by atoms with Crippen LogP contribution in [0.1, 0.15) is 18.2 Å². The third kappa shape index (κ3) is 5.90. The number of ether oxygens (including phenoxy) is 3. The van der Waals surface area contributed by atoms with Gasteiger partial charge in [-0.3, -0.25) is 9.59 Å². The van der Waals surface area contributed by atoms with Gasteiger partial charge >= 0.3 is 0 Å². The summed E-state index contributed by atoms with van der Waals surface area (Å²) in [4.78, 5) is 24.6. The third-order valence-electron chi connectivity index (χ3n) is 4.30.